The number of anilines is 1. The number of fused-ring (bicyclic) bond motifs is 1. The van der Waals surface area contributed by atoms with Gasteiger partial charge in [0.2, 0.25) is 0 Å². The first kappa shape index (κ1) is 20.8. The van der Waals surface area contributed by atoms with E-state index in [1.807, 2.05) is 26.0 Å². The van der Waals surface area contributed by atoms with Gasteiger partial charge < -0.3 is 15.2 Å². The quantitative estimate of drug-likeness (QED) is 0.632. The van der Waals surface area contributed by atoms with Crippen molar-refractivity contribution in [3.05, 3.63) is 48.0 Å². The molecular weight excluding hydrogens is 368 g/mol. The van der Waals surface area contributed by atoms with Crippen molar-refractivity contribution in [2.45, 2.75) is 45.8 Å². The molecule has 7 heteroatoms. The van der Waals surface area contributed by atoms with Crippen LogP contribution in [0.15, 0.2) is 36.8 Å². The lowest BCUT2D eigenvalue weighted by Gasteiger charge is -2.12. The SMILES string of the molecule is CCCC(O)c1cc(C)c(-c2cc3cnc(NC(=O)[C@H](C)OC)cc3cn2)cn1. The molecule has 2 N–H and O–H groups in total. The summed E-state index contributed by atoms with van der Waals surface area (Å²) in [6.45, 7) is 5.69. The maximum atomic E-state index is 12.0. The van der Waals surface area contributed by atoms with Gasteiger partial charge in [-0.25, -0.2) is 4.98 Å². The average molecular weight is 394 g/mol. The number of carbonyl (C=O) groups excluding carboxylic acids is 1. The number of carbonyl (C=O) groups is 1. The summed E-state index contributed by atoms with van der Waals surface area (Å²) in [5.41, 5.74) is 3.37. The number of aromatic nitrogens is 3. The number of aryl methyl sites for hydroxylation is 1. The van der Waals surface area contributed by atoms with Gasteiger partial charge >= 0.3 is 0 Å². The van der Waals surface area contributed by atoms with Crippen molar-refractivity contribution in [2.24, 2.45) is 0 Å². The second-order valence-electron chi connectivity index (χ2n) is 7.08. The van der Waals surface area contributed by atoms with Gasteiger partial charge in [0, 0.05) is 42.0 Å². The average Bonchev–Trinajstić information content (AvgIpc) is 2.72. The van der Waals surface area contributed by atoms with Crippen molar-refractivity contribution in [2.75, 3.05) is 12.4 Å². The number of amides is 1. The van der Waals surface area contributed by atoms with Gasteiger partial charge in [0.05, 0.1) is 17.5 Å². The molecule has 0 fully saturated rings. The van der Waals surface area contributed by atoms with Gasteiger partial charge in [-0.2, -0.15) is 0 Å². The van der Waals surface area contributed by atoms with E-state index in [0.29, 0.717) is 17.9 Å². The molecule has 3 aromatic rings. The zero-order valence-electron chi connectivity index (χ0n) is 17.1. The van der Waals surface area contributed by atoms with Crippen LogP contribution in [-0.4, -0.2) is 39.2 Å². The van der Waals surface area contributed by atoms with Crippen molar-refractivity contribution in [1.29, 1.82) is 0 Å². The molecule has 7 nitrogen and oxygen atoms in total. The summed E-state index contributed by atoms with van der Waals surface area (Å²) in [5, 5.41) is 14.7. The van der Waals surface area contributed by atoms with Gasteiger partial charge in [-0.15, -0.1) is 0 Å². The highest BCUT2D eigenvalue weighted by atomic mass is 16.5. The molecule has 0 aromatic carbocycles. The van der Waals surface area contributed by atoms with Gasteiger partial charge in [-0.1, -0.05) is 13.3 Å². The third kappa shape index (κ3) is 4.75. The third-order valence-electron chi connectivity index (χ3n) is 4.89. The second-order valence-corrected chi connectivity index (χ2v) is 7.08. The van der Waals surface area contributed by atoms with Crippen LogP contribution in [-0.2, 0) is 9.53 Å². The lowest BCUT2D eigenvalue weighted by atomic mass is 10.0. The Bertz CT molecular complexity index is 1020. The van der Waals surface area contributed by atoms with Crippen molar-refractivity contribution < 1.29 is 14.6 Å². The molecular formula is C22H26N4O3. The second kappa shape index (κ2) is 9.07. The fourth-order valence-electron chi connectivity index (χ4n) is 3.04. The number of hydrogen-bond acceptors (Lipinski definition) is 6. The van der Waals surface area contributed by atoms with E-state index >= 15 is 0 Å². The Morgan fingerprint density at radius 2 is 1.86 bits per heavy atom. The Balaban J connectivity index is 1.86. The summed E-state index contributed by atoms with van der Waals surface area (Å²) < 4.78 is 5.01. The molecule has 0 saturated carbocycles. The van der Waals surface area contributed by atoms with Crippen LogP contribution >= 0.6 is 0 Å². The molecule has 2 atom stereocenters. The molecule has 152 valence electrons. The normalized spacial score (nSPS) is 13.3. The molecule has 3 rings (SSSR count). The van der Waals surface area contributed by atoms with Gasteiger partial charge in [0.15, 0.2) is 0 Å². The van der Waals surface area contributed by atoms with Crippen LogP contribution in [0.3, 0.4) is 0 Å². The molecule has 0 radical (unpaired) electrons. The lowest BCUT2D eigenvalue weighted by molar-refractivity contribution is -0.124. The minimum atomic E-state index is -0.553. The summed E-state index contributed by atoms with van der Waals surface area (Å²) in [4.78, 5) is 25.2. The number of hydrogen-bond donors (Lipinski definition) is 2. The molecule has 0 spiro atoms. The highest BCUT2D eigenvalue weighted by molar-refractivity contribution is 5.95. The van der Waals surface area contributed by atoms with Crippen molar-refractivity contribution >= 4 is 22.5 Å². The number of methoxy groups -OCH3 is 1. The van der Waals surface area contributed by atoms with Crippen LogP contribution in [0.1, 0.15) is 44.1 Å². The van der Waals surface area contributed by atoms with Crippen LogP contribution in [0.4, 0.5) is 5.82 Å². The maximum Gasteiger partial charge on any atom is 0.254 e. The monoisotopic (exact) mass is 394 g/mol. The molecule has 0 saturated heterocycles. The number of nitrogens with zero attached hydrogens (tertiary/aromatic N) is 3. The molecule has 29 heavy (non-hydrogen) atoms. The fraction of sp³-hybridized carbons (Fsp3) is 0.364. The lowest BCUT2D eigenvalue weighted by Crippen LogP contribution is -2.26. The predicted molar refractivity (Wildman–Crippen MR) is 112 cm³/mol. The van der Waals surface area contributed by atoms with Crippen molar-refractivity contribution in [3.8, 4) is 11.3 Å². The van der Waals surface area contributed by atoms with E-state index in [0.717, 1.165) is 34.0 Å². The highest BCUT2D eigenvalue weighted by Crippen LogP contribution is 2.27. The van der Waals surface area contributed by atoms with E-state index in [9.17, 15) is 9.90 Å². The molecule has 3 aromatic heterocycles. The molecule has 0 bridgehead atoms. The number of ether oxygens (including phenoxy) is 1. The summed E-state index contributed by atoms with van der Waals surface area (Å²) in [6, 6.07) is 5.63. The molecule has 0 aliphatic rings. The van der Waals surface area contributed by atoms with Crippen molar-refractivity contribution in [3.63, 3.8) is 0 Å². The van der Waals surface area contributed by atoms with Gasteiger partial charge in [0.25, 0.3) is 5.91 Å². The third-order valence-corrected chi connectivity index (χ3v) is 4.89. The first-order valence-electron chi connectivity index (χ1n) is 9.67. The Kier molecular flexibility index (Phi) is 6.51. The Labute approximate surface area is 170 Å². The summed E-state index contributed by atoms with van der Waals surface area (Å²) in [6.07, 6.45) is 5.70. The Hall–Kier alpha value is -2.90. The minimum Gasteiger partial charge on any atom is -0.387 e. The largest absolute Gasteiger partial charge is 0.387 e. The van der Waals surface area contributed by atoms with E-state index in [1.165, 1.54) is 7.11 Å². The van der Waals surface area contributed by atoms with E-state index in [1.54, 1.807) is 31.6 Å². The van der Waals surface area contributed by atoms with Gasteiger partial charge in [-0.05, 0) is 44.0 Å². The van der Waals surface area contributed by atoms with E-state index in [4.69, 9.17) is 4.74 Å². The van der Waals surface area contributed by atoms with Crippen LogP contribution < -0.4 is 5.32 Å². The molecule has 0 aliphatic heterocycles. The van der Waals surface area contributed by atoms with Gasteiger partial charge in [0.1, 0.15) is 11.9 Å². The van der Waals surface area contributed by atoms with Crippen molar-refractivity contribution in [1.82, 2.24) is 15.0 Å². The Morgan fingerprint density at radius 1 is 1.14 bits per heavy atom. The predicted octanol–water partition coefficient (Wildman–Crippen LogP) is 3.81. The van der Waals surface area contributed by atoms with E-state index in [2.05, 4.69) is 20.3 Å². The number of pyridine rings is 3. The maximum absolute atomic E-state index is 12.0. The zero-order chi connectivity index (χ0) is 21.0. The summed E-state index contributed by atoms with van der Waals surface area (Å²) in [7, 11) is 1.48. The van der Waals surface area contributed by atoms with Crippen LogP contribution in [0.5, 0.6) is 0 Å². The standard InChI is InChI=1S/C22H26N4O3/c1-5-6-20(27)19-7-13(2)17(12-24-19)18-8-15-11-25-21(9-16(15)10-23-18)26-22(28)14(3)29-4/h7-12,14,20,27H,5-6H2,1-4H3,(H,25,26,28)/t14-,20?/m0/s1. The molecule has 1 unspecified atom stereocenters. The molecule has 1 amide bonds. The topological polar surface area (TPSA) is 97.2 Å². The van der Waals surface area contributed by atoms with E-state index in [-0.39, 0.29) is 5.91 Å². The van der Waals surface area contributed by atoms with Crippen LogP contribution in [0, 0.1) is 6.92 Å². The van der Waals surface area contributed by atoms with Gasteiger partial charge in [-0.3, -0.25) is 14.8 Å². The first-order valence-corrected chi connectivity index (χ1v) is 9.67. The smallest absolute Gasteiger partial charge is 0.254 e. The first-order chi connectivity index (χ1) is 13.9. The number of aliphatic hydroxyl groups excluding tert-OH is 1. The fourth-order valence-corrected chi connectivity index (χ4v) is 3.04. The van der Waals surface area contributed by atoms with E-state index < -0.39 is 12.2 Å². The summed E-state index contributed by atoms with van der Waals surface area (Å²) in [5.74, 6) is 0.198. The number of aliphatic hydroxyl groups is 1. The highest BCUT2D eigenvalue weighted by Gasteiger charge is 2.14. The Morgan fingerprint density at radius 3 is 2.55 bits per heavy atom. The van der Waals surface area contributed by atoms with Crippen LogP contribution in [0.2, 0.25) is 0 Å². The molecule has 0 aliphatic carbocycles. The number of rotatable bonds is 7. The molecule has 3 heterocycles. The minimum absolute atomic E-state index is 0.254. The van der Waals surface area contributed by atoms with Crippen LogP contribution in [0.25, 0.3) is 22.0 Å². The number of nitrogens with one attached hydrogen (secondary N) is 1. The zero-order valence-corrected chi connectivity index (χ0v) is 17.1. The summed E-state index contributed by atoms with van der Waals surface area (Å²) >= 11 is 0.